The molecular formula is C17H21N5. The number of nitrogens with one attached hydrogen (secondary N) is 2. The van der Waals surface area contributed by atoms with Gasteiger partial charge in [0.1, 0.15) is 5.82 Å². The molecular weight excluding hydrogens is 274 g/mol. The van der Waals surface area contributed by atoms with Gasteiger partial charge in [0.25, 0.3) is 0 Å². The van der Waals surface area contributed by atoms with Crippen LogP contribution < -0.4 is 5.32 Å². The Bertz CT molecular complexity index is 763. The average Bonchev–Trinajstić information content (AvgIpc) is 2.94. The topological polar surface area (TPSA) is 66.5 Å². The van der Waals surface area contributed by atoms with Gasteiger partial charge in [0, 0.05) is 31.1 Å². The Balaban J connectivity index is 1.65. The lowest BCUT2D eigenvalue weighted by Gasteiger charge is -2.11. The van der Waals surface area contributed by atoms with Gasteiger partial charge in [-0.1, -0.05) is 6.07 Å². The Kier molecular flexibility index (Phi) is 4.15. The Labute approximate surface area is 130 Å². The fourth-order valence-electron chi connectivity index (χ4n) is 2.54. The maximum Gasteiger partial charge on any atom is 0.121 e. The standard InChI is InChI=1S/C17H21N5/c1-11-4-5-15-17(13(11)3)22-16(21-15)10-20-12(2)8-14-9-18-6-7-19-14/h4-7,9,12,20H,8,10H2,1-3H3,(H,21,22)/t12-/m0/s1. The van der Waals surface area contributed by atoms with Gasteiger partial charge in [-0.3, -0.25) is 9.97 Å². The lowest BCUT2D eigenvalue weighted by Crippen LogP contribution is -2.28. The second kappa shape index (κ2) is 6.23. The van der Waals surface area contributed by atoms with Gasteiger partial charge >= 0.3 is 0 Å². The summed E-state index contributed by atoms with van der Waals surface area (Å²) >= 11 is 0. The van der Waals surface area contributed by atoms with Crippen molar-refractivity contribution in [1.82, 2.24) is 25.3 Å². The van der Waals surface area contributed by atoms with E-state index in [0.29, 0.717) is 12.6 Å². The fourth-order valence-corrected chi connectivity index (χ4v) is 2.54. The predicted molar refractivity (Wildman–Crippen MR) is 87.6 cm³/mol. The molecule has 0 bridgehead atoms. The molecule has 0 fully saturated rings. The lowest BCUT2D eigenvalue weighted by atomic mass is 10.1. The van der Waals surface area contributed by atoms with E-state index in [-0.39, 0.29) is 0 Å². The normalized spacial score (nSPS) is 12.7. The van der Waals surface area contributed by atoms with E-state index in [1.807, 2.05) is 6.20 Å². The Morgan fingerprint density at radius 2 is 2.09 bits per heavy atom. The molecule has 0 aliphatic carbocycles. The number of aryl methyl sites for hydroxylation is 2. The zero-order valence-corrected chi connectivity index (χ0v) is 13.2. The van der Waals surface area contributed by atoms with Gasteiger partial charge in [-0.2, -0.15) is 0 Å². The summed E-state index contributed by atoms with van der Waals surface area (Å²) in [7, 11) is 0. The van der Waals surface area contributed by atoms with E-state index < -0.39 is 0 Å². The van der Waals surface area contributed by atoms with E-state index in [1.165, 1.54) is 11.1 Å². The minimum Gasteiger partial charge on any atom is -0.341 e. The molecule has 0 unspecified atom stereocenters. The van der Waals surface area contributed by atoms with Gasteiger partial charge in [0.15, 0.2) is 0 Å². The third kappa shape index (κ3) is 3.14. The molecule has 3 rings (SSSR count). The van der Waals surface area contributed by atoms with Crippen molar-refractivity contribution >= 4 is 11.0 Å². The number of hydrogen-bond donors (Lipinski definition) is 2. The molecule has 0 saturated heterocycles. The first-order valence-corrected chi connectivity index (χ1v) is 7.56. The largest absolute Gasteiger partial charge is 0.341 e. The van der Waals surface area contributed by atoms with Crippen molar-refractivity contribution in [3.8, 4) is 0 Å². The summed E-state index contributed by atoms with van der Waals surface area (Å²) in [5, 5.41) is 3.48. The lowest BCUT2D eigenvalue weighted by molar-refractivity contribution is 0.530. The third-order valence-corrected chi connectivity index (χ3v) is 3.98. The van der Waals surface area contributed by atoms with Crippen LogP contribution in [0.3, 0.4) is 0 Å². The zero-order chi connectivity index (χ0) is 15.5. The summed E-state index contributed by atoms with van der Waals surface area (Å²) in [6, 6.07) is 4.54. The molecule has 3 aromatic rings. The van der Waals surface area contributed by atoms with Crippen LogP contribution in [-0.2, 0) is 13.0 Å². The van der Waals surface area contributed by atoms with Crippen molar-refractivity contribution in [1.29, 1.82) is 0 Å². The minimum atomic E-state index is 0.313. The SMILES string of the molecule is Cc1ccc2[nH]c(CN[C@@H](C)Cc3cnccn3)nc2c1C. The summed E-state index contributed by atoms with van der Waals surface area (Å²) in [4.78, 5) is 16.5. The molecule has 0 radical (unpaired) electrons. The minimum absolute atomic E-state index is 0.313. The Hall–Kier alpha value is -2.27. The summed E-state index contributed by atoms with van der Waals surface area (Å²) in [5.41, 5.74) is 5.68. The van der Waals surface area contributed by atoms with Crippen molar-refractivity contribution in [2.45, 2.75) is 39.8 Å². The van der Waals surface area contributed by atoms with E-state index >= 15 is 0 Å². The van der Waals surface area contributed by atoms with Crippen molar-refractivity contribution in [2.24, 2.45) is 0 Å². The maximum absolute atomic E-state index is 4.71. The number of rotatable bonds is 5. The number of benzene rings is 1. The molecule has 0 saturated carbocycles. The highest BCUT2D eigenvalue weighted by Gasteiger charge is 2.09. The summed E-state index contributed by atoms with van der Waals surface area (Å²) in [5.74, 6) is 0.967. The van der Waals surface area contributed by atoms with Crippen LogP contribution in [0, 0.1) is 13.8 Å². The molecule has 1 aromatic carbocycles. The van der Waals surface area contributed by atoms with Gasteiger partial charge in [-0.15, -0.1) is 0 Å². The van der Waals surface area contributed by atoms with E-state index in [0.717, 1.165) is 29.0 Å². The molecule has 0 aliphatic heterocycles. The fraction of sp³-hybridized carbons (Fsp3) is 0.353. The van der Waals surface area contributed by atoms with Gasteiger partial charge in [-0.05, 0) is 38.0 Å². The van der Waals surface area contributed by atoms with Gasteiger partial charge in [0.05, 0.1) is 23.3 Å². The highest BCUT2D eigenvalue weighted by molar-refractivity contribution is 5.79. The first-order valence-electron chi connectivity index (χ1n) is 7.56. The van der Waals surface area contributed by atoms with Crippen molar-refractivity contribution < 1.29 is 0 Å². The molecule has 5 heteroatoms. The van der Waals surface area contributed by atoms with Crippen LogP contribution in [0.1, 0.15) is 29.6 Å². The van der Waals surface area contributed by atoms with E-state index in [9.17, 15) is 0 Å². The molecule has 2 heterocycles. The quantitative estimate of drug-likeness (QED) is 0.759. The van der Waals surface area contributed by atoms with Crippen LogP contribution in [0.2, 0.25) is 0 Å². The van der Waals surface area contributed by atoms with Crippen LogP contribution in [0.4, 0.5) is 0 Å². The molecule has 2 aromatic heterocycles. The average molecular weight is 295 g/mol. The number of aromatic nitrogens is 4. The zero-order valence-electron chi connectivity index (χ0n) is 13.2. The van der Waals surface area contributed by atoms with E-state index in [1.54, 1.807) is 12.4 Å². The van der Waals surface area contributed by atoms with Crippen LogP contribution in [0.15, 0.2) is 30.7 Å². The molecule has 1 atom stereocenters. The summed E-state index contributed by atoms with van der Waals surface area (Å²) in [6.07, 6.45) is 6.09. The number of imidazole rings is 1. The maximum atomic E-state index is 4.71. The second-order valence-electron chi connectivity index (χ2n) is 5.77. The number of H-pyrrole nitrogens is 1. The summed E-state index contributed by atoms with van der Waals surface area (Å²) < 4.78 is 0. The molecule has 0 amide bonds. The van der Waals surface area contributed by atoms with Crippen molar-refractivity contribution in [2.75, 3.05) is 0 Å². The van der Waals surface area contributed by atoms with Crippen LogP contribution in [0.5, 0.6) is 0 Å². The first-order chi connectivity index (χ1) is 10.6. The van der Waals surface area contributed by atoms with Gasteiger partial charge in [0.2, 0.25) is 0 Å². The van der Waals surface area contributed by atoms with Gasteiger partial charge in [-0.25, -0.2) is 4.98 Å². The van der Waals surface area contributed by atoms with Crippen molar-refractivity contribution in [3.05, 3.63) is 53.4 Å². The van der Waals surface area contributed by atoms with Gasteiger partial charge < -0.3 is 10.3 Å². The highest BCUT2D eigenvalue weighted by Crippen LogP contribution is 2.19. The predicted octanol–water partition coefficient (Wildman–Crippen LogP) is 2.69. The first kappa shape index (κ1) is 14.7. The molecule has 22 heavy (non-hydrogen) atoms. The molecule has 0 aliphatic rings. The second-order valence-corrected chi connectivity index (χ2v) is 5.77. The molecule has 0 spiro atoms. The van der Waals surface area contributed by atoms with Crippen LogP contribution >= 0.6 is 0 Å². The Morgan fingerprint density at radius 3 is 2.86 bits per heavy atom. The number of nitrogens with zero attached hydrogens (tertiary/aromatic N) is 3. The van der Waals surface area contributed by atoms with E-state index in [2.05, 4.69) is 53.2 Å². The number of aromatic amines is 1. The van der Waals surface area contributed by atoms with E-state index in [4.69, 9.17) is 4.98 Å². The van der Waals surface area contributed by atoms with Crippen LogP contribution in [-0.4, -0.2) is 26.0 Å². The molecule has 5 nitrogen and oxygen atoms in total. The smallest absolute Gasteiger partial charge is 0.121 e. The Morgan fingerprint density at radius 1 is 1.23 bits per heavy atom. The highest BCUT2D eigenvalue weighted by atomic mass is 15.0. The molecule has 114 valence electrons. The van der Waals surface area contributed by atoms with Crippen LogP contribution in [0.25, 0.3) is 11.0 Å². The third-order valence-electron chi connectivity index (χ3n) is 3.98. The number of hydrogen-bond acceptors (Lipinski definition) is 4. The monoisotopic (exact) mass is 295 g/mol. The van der Waals surface area contributed by atoms with Crippen molar-refractivity contribution in [3.63, 3.8) is 0 Å². The molecule has 2 N–H and O–H groups in total. The summed E-state index contributed by atoms with van der Waals surface area (Å²) in [6.45, 7) is 7.10. The number of fused-ring (bicyclic) bond motifs is 1.